The van der Waals surface area contributed by atoms with Gasteiger partial charge in [-0.15, -0.1) is 0 Å². The Morgan fingerprint density at radius 3 is 2.52 bits per heavy atom. The molecule has 1 amide bonds. The average molecular weight is 368 g/mol. The van der Waals surface area contributed by atoms with Crippen molar-refractivity contribution in [1.29, 1.82) is 0 Å². The SMILES string of the molecule is Cc1ccc(C)c(S(=O)(=O)N2C[C@@H](F)C[C@H]2C(=O)N2CCCCC2)c1. The third-order valence-electron chi connectivity index (χ3n) is 5.09. The average Bonchev–Trinajstić information content (AvgIpc) is 2.99. The molecule has 5 nitrogen and oxygen atoms in total. The third kappa shape index (κ3) is 3.58. The highest BCUT2D eigenvalue weighted by Crippen LogP contribution is 2.31. The number of hydrogen-bond donors (Lipinski definition) is 0. The first-order valence-electron chi connectivity index (χ1n) is 8.82. The predicted octanol–water partition coefficient (Wildman–Crippen LogP) is 2.42. The summed E-state index contributed by atoms with van der Waals surface area (Å²) < 4.78 is 41.5. The zero-order valence-corrected chi connectivity index (χ0v) is 15.6. The molecule has 1 aromatic rings. The fourth-order valence-corrected chi connectivity index (χ4v) is 5.61. The van der Waals surface area contributed by atoms with Crippen molar-refractivity contribution in [2.45, 2.75) is 56.6 Å². The van der Waals surface area contributed by atoms with E-state index in [9.17, 15) is 17.6 Å². The van der Waals surface area contributed by atoms with E-state index >= 15 is 0 Å². The van der Waals surface area contributed by atoms with Crippen molar-refractivity contribution in [2.24, 2.45) is 0 Å². The molecule has 0 spiro atoms. The van der Waals surface area contributed by atoms with Gasteiger partial charge in [0.15, 0.2) is 0 Å². The van der Waals surface area contributed by atoms with Gasteiger partial charge < -0.3 is 4.90 Å². The number of sulfonamides is 1. The van der Waals surface area contributed by atoms with Gasteiger partial charge in [-0.3, -0.25) is 4.79 Å². The molecule has 0 bridgehead atoms. The molecule has 2 saturated heterocycles. The highest BCUT2D eigenvalue weighted by atomic mass is 32.2. The van der Waals surface area contributed by atoms with Gasteiger partial charge in [0.25, 0.3) is 0 Å². The number of piperidine rings is 1. The molecule has 0 radical (unpaired) electrons. The lowest BCUT2D eigenvalue weighted by molar-refractivity contribution is -0.135. The monoisotopic (exact) mass is 368 g/mol. The molecule has 2 heterocycles. The number of aryl methyl sites for hydroxylation is 2. The second-order valence-corrected chi connectivity index (χ2v) is 8.94. The van der Waals surface area contributed by atoms with Crippen LogP contribution >= 0.6 is 0 Å². The molecule has 3 rings (SSSR count). The Hall–Kier alpha value is -1.47. The lowest BCUT2D eigenvalue weighted by atomic mass is 10.1. The molecule has 2 atom stereocenters. The van der Waals surface area contributed by atoms with Gasteiger partial charge in [-0.05, 0) is 50.3 Å². The topological polar surface area (TPSA) is 57.7 Å². The number of amides is 1. The fourth-order valence-electron chi connectivity index (χ4n) is 3.68. The van der Waals surface area contributed by atoms with E-state index in [-0.39, 0.29) is 23.8 Å². The van der Waals surface area contributed by atoms with Crippen LogP contribution in [0.1, 0.15) is 36.8 Å². The molecule has 2 fully saturated rings. The van der Waals surface area contributed by atoms with Crippen LogP contribution in [0.2, 0.25) is 0 Å². The molecule has 7 heteroatoms. The minimum Gasteiger partial charge on any atom is -0.341 e. The van der Waals surface area contributed by atoms with Crippen molar-refractivity contribution in [2.75, 3.05) is 19.6 Å². The highest BCUT2D eigenvalue weighted by Gasteiger charge is 2.46. The molecule has 0 saturated carbocycles. The fraction of sp³-hybridized carbons (Fsp3) is 0.611. The first-order valence-corrected chi connectivity index (χ1v) is 10.3. The summed E-state index contributed by atoms with van der Waals surface area (Å²) in [6.45, 7) is 4.54. The van der Waals surface area contributed by atoms with Crippen LogP contribution in [0.4, 0.5) is 4.39 Å². The lowest BCUT2D eigenvalue weighted by Gasteiger charge is -2.32. The predicted molar refractivity (Wildman–Crippen MR) is 93.5 cm³/mol. The van der Waals surface area contributed by atoms with Gasteiger partial charge in [-0.1, -0.05) is 12.1 Å². The maximum atomic E-state index is 14.1. The van der Waals surface area contributed by atoms with Crippen molar-refractivity contribution in [1.82, 2.24) is 9.21 Å². The largest absolute Gasteiger partial charge is 0.341 e. The first kappa shape index (κ1) is 18.3. The standard InChI is InChI=1S/C18H25FN2O3S/c1-13-6-7-14(2)17(10-13)25(23,24)21-12-15(19)11-16(21)18(22)20-8-4-3-5-9-20/h6-7,10,15-16H,3-5,8-9,11-12H2,1-2H3/t15-,16-/m0/s1. The number of alkyl halides is 1. The third-order valence-corrected chi connectivity index (χ3v) is 7.10. The van der Waals surface area contributed by atoms with Crippen LogP contribution in [0.5, 0.6) is 0 Å². The Balaban J connectivity index is 1.92. The van der Waals surface area contributed by atoms with Gasteiger partial charge in [-0.25, -0.2) is 12.8 Å². The number of carbonyl (C=O) groups is 1. The van der Waals surface area contributed by atoms with Gasteiger partial charge in [0.2, 0.25) is 15.9 Å². The zero-order valence-electron chi connectivity index (χ0n) is 14.7. The lowest BCUT2D eigenvalue weighted by Crippen LogP contribution is -2.49. The van der Waals surface area contributed by atoms with Crippen LogP contribution in [0.15, 0.2) is 23.1 Å². The summed E-state index contributed by atoms with van der Waals surface area (Å²) >= 11 is 0. The Kier molecular flexibility index (Phi) is 5.16. The van der Waals surface area contributed by atoms with Crippen molar-refractivity contribution in [3.8, 4) is 0 Å². The zero-order chi connectivity index (χ0) is 18.2. The summed E-state index contributed by atoms with van der Waals surface area (Å²) in [6.07, 6.45) is 1.55. The number of rotatable bonds is 3. The summed E-state index contributed by atoms with van der Waals surface area (Å²) in [7, 11) is -3.91. The maximum absolute atomic E-state index is 14.1. The number of nitrogens with zero attached hydrogens (tertiary/aromatic N) is 2. The molecular weight excluding hydrogens is 343 g/mol. The molecule has 25 heavy (non-hydrogen) atoms. The molecule has 1 aromatic carbocycles. The Labute approximate surface area is 148 Å². The van der Waals surface area contributed by atoms with Crippen LogP contribution in [0.25, 0.3) is 0 Å². The van der Waals surface area contributed by atoms with Gasteiger partial charge in [0.05, 0.1) is 4.90 Å². The van der Waals surface area contributed by atoms with E-state index < -0.39 is 22.2 Å². The van der Waals surface area contributed by atoms with Crippen molar-refractivity contribution in [3.63, 3.8) is 0 Å². The number of carbonyl (C=O) groups excluding carboxylic acids is 1. The number of hydrogen-bond acceptors (Lipinski definition) is 3. The van der Waals surface area contributed by atoms with Crippen molar-refractivity contribution in [3.05, 3.63) is 29.3 Å². The van der Waals surface area contributed by atoms with Gasteiger partial charge in [0, 0.05) is 26.1 Å². The smallest absolute Gasteiger partial charge is 0.244 e. The number of likely N-dealkylation sites (tertiary alicyclic amines) is 1. The van der Waals surface area contributed by atoms with Crippen molar-refractivity contribution < 1.29 is 17.6 Å². The van der Waals surface area contributed by atoms with Crippen LogP contribution in [-0.4, -0.2) is 55.4 Å². The minimum absolute atomic E-state index is 0.0561. The minimum atomic E-state index is -3.91. The normalized spacial score (nSPS) is 25.3. The molecule has 2 aliphatic rings. The quantitative estimate of drug-likeness (QED) is 0.823. The molecule has 0 aromatic heterocycles. The summed E-state index contributed by atoms with van der Waals surface area (Å²) in [5, 5.41) is 0. The molecule has 0 N–H and O–H groups in total. The Bertz CT molecular complexity index is 760. The van der Waals surface area contributed by atoms with E-state index in [0.29, 0.717) is 18.7 Å². The Morgan fingerprint density at radius 2 is 1.84 bits per heavy atom. The maximum Gasteiger partial charge on any atom is 0.244 e. The van der Waals surface area contributed by atoms with E-state index in [1.807, 2.05) is 13.0 Å². The van der Waals surface area contributed by atoms with Crippen LogP contribution in [0.3, 0.4) is 0 Å². The first-order chi connectivity index (χ1) is 11.8. The van der Waals surface area contributed by atoms with Crippen LogP contribution in [-0.2, 0) is 14.8 Å². The Morgan fingerprint density at radius 1 is 1.16 bits per heavy atom. The molecular formula is C18H25FN2O3S. The summed E-state index contributed by atoms with van der Waals surface area (Å²) in [5.41, 5.74) is 1.43. The summed E-state index contributed by atoms with van der Waals surface area (Å²) in [4.78, 5) is 14.7. The van der Waals surface area contributed by atoms with Gasteiger partial charge in [0.1, 0.15) is 12.2 Å². The number of benzene rings is 1. The summed E-state index contributed by atoms with van der Waals surface area (Å²) in [5.74, 6) is -0.256. The van der Waals surface area contributed by atoms with Crippen LogP contribution in [0, 0.1) is 13.8 Å². The van der Waals surface area contributed by atoms with E-state index in [1.54, 1.807) is 24.0 Å². The molecule has 2 aliphatic heterocycles. The number of halogens is 1. The second kappa shape index (κ2) is 7.03. The van der Waals surface area contributed by atoms with Gasteiger partial charge >= 0.3 is 0 Å². The van der Waals surface area contributed by atoms with E-state index in [0.717, 1.165) is 29.1 Å². The van der Waals surface area contributed by atoms with Gasteiger partial charge in [-0.2, -0.15) is 4.31 Å². The highest BCUT2D eigenvalue weighted by molar-refractivity contribution is 7.89. The molecule has 0 aliphatic carbocycles. The molecule has 0 unspecified atom stereocenters. The van der Waals surface area contributed by atoms with Crippen LogP contribution < -0.4 is 0 Å². The van der Waals surface area contributed by atoms with E-state index in [4.69, 9.17) is 0 Å². The second-order valence-electron chi connectivity index (χ2n) is 7.08. The summed E-state index contributed by atoms with van der Waals surface area (Å²) in [6, 6.07) is 4.25. The van der Waals surface area contributed by atoms with Crippen molar-refractivity contribution >= 4 is 15.9 Å². The van der Waals surface area contributed by atoms with E-state index in [2.05, 4.69) is 0 Å². The molecule has 138 valence electrons. The van der Waals surface area contributed by atoms with E-state index in [1.165, 1.54) is 0 Å².